The van der Waals surface area contributed by atoms with Gasteiger partial charge in [0, 0.05) is 26.1 Å². The van der Waals surface area contributed by atoms with E-state index in [4.69, 9.17) is 4.74 Å². The van der Waals surface area contributed by atoms with Crippen LogP contribution in [0.3, 0.4) is 0 Å². The molecule has 0 N–H and O–H groups in total. The van der Waals surface area contributed by atoms with E-state index in [1.165, 1.54) is 0 Å². The van der Waals surface area contributed by atoms with Gasteiger partial charge in [0.25, 0.3) is 0 Å². The van der Waals surface area contributed by atoms with Crippen LogP contribution in [0.25, 0.3) is 11.0 Å². The van der Waals surface area contributed by atoms with Gasteiger partial charge in [-0.2, -0.15) is 0 Å². The monoisotopic (exact) mass is 343 g/mol. The number of rotatable bonds is 2. The first-order valence-corrected chi connectivity index (χ1v) is 8.72. The Labute approximate surface area is 147 Å². The molecule has 134 valence electrons. The zero-order valence-electron chi connectivity index (χ0n) is 15.3. The molecule has 0 bridgehead atoms. The molecule has 0 unspecified atom stereocenters. The second kappa shape index (κ2) is 6.50. The van der Waals surface area contributed by atoms with Crippen LogP contribution in [0.2, 0.25) is 0 Å². The summed E-state index contributed by atoms with van der Waals surface area (Å²) in [5.74, 6) is 0.461. The van der Waals surface area contributed by atoms with Crippen LogP contribution >= 0.6 is 0 Å². The average Bonchev–Trinajstić information content (AvgIpc) is 2.93. The standard InChI is InChI=1S/C19H25N3O3/c1-13(23)17-20-15-7-5-6-8-16(15)22(17)14-9-11-21(12-10-14)18(24)25-19(2,3)4/h5-8,14H,9-12H2,1-4H3. The smallest absolute Gasteiger partial charge is 0.410 e. The molecule has 1 aliphatic rings. The van der Waals surface area contributed by atoms with E-state index in [9.17, 15) is 9.59 Å². The van der Waals surface area contributed by atoms with E-state index < -0.39 is 5.60 Å². The Kier molecular flexibility index (Phi) is 4.54. The number of hydrogen-bond donors (Lipinski definition) is 0. The average molecular weight is 343 g/mol. The molecular weight excluding hydrogens is 318 g/mol. The summed E-state index contributed by atoms with van der Waals surface area (Å²) in [5.41, 5.74) is 1.32. The number of imidazole rings is 1. The SMILES string of the molecule is CC(=O)c1nc2ccccc2n1C1CCN(C(=O)OC(C)(C)C)CC1. The maximum absolute atomic E-state index is 12.2. The molecule has 0 aliphatic carbocycles. The van der Waals surface area contributed by atoms with E-state index in [1.54, 1.807) is 11.8 Å². The Hall–Kier alpha value is -2.37. The minimum atomic E-state index is -0.490. The Morgan fingerprint density at radius 3 is 2.40 bits per heavy atom. The van der Waals surface area contributed by atoms with Gasteiger partial charge >= 0.3 is 6.09 Å². The number of benzene rings is 1. The second-order valence-electron chi connectivity index (χ2n) is 7.55. The number of aromatic nitrogens is 2. The van der Waals surface area contributed by atoms with Gasteiger partial charge in [-0.25, -0.2) is 9.78 Å². The highest BCUT2D eigenvalue weighted by molar-refractivity contribution is 5.94. The van der Waals surface area contributed by atoms with Crippen molar-refractivity contribution in [2.45, 2.75) is 52.2 Å². The van der Waals surface area contributed by atoms with Crippen molar-refractivity contribution in [1.82, 2.24) is 14.5 Å². The van der Waals surface area contributed by atoms with Crippen LogP contribution in [0.1, 0.15) is 57.2 Å². The van der Waals surface area contributed by atoms with Gasteiger partial charge in [0.05, 0.1) is 11.0 Å². The molecule has 6 heteroatoms. The number of piperidine rings is 1. The lowest BCUT2D eigenvalue weighted by molar-refractivity contribution is 0.0188. The Bertz CT molecular complexity index is 796. The fourth-order valence-electron chi connectivity index (χ4n) is 3.30. The zero-order chi connectivity index (χ0) is 18.2. The van der Waals surface area contributed by atoms with Crippen molar-refractivity contribution in [1.29, 1.82) is 0 Å². The van der Waals surface area contributed by atoms with Gasteiger partial charge in [-0.3, -0.25) is 4.79 Å². The largest absolute Gasteiger partial charge is 0.444 e. The van der Waals surface area contributed by atoms with Gasteiger partial charge in [-0.1, -0.05) is 12.1 Å². The van der Waals surface area contributed by atoms with Crippen LogP contribution in [0, 0.1) is 0 Å². The minimum Gasteiger partial charge on any atom is -0.444 e. The lowest BCUT2D eigenvalue weighted by Crippen LogP contribution is -2.42. The highest BCUT2D eigenvalue weighted by Crippen LogP contribution is 2.29. The quantitative estimate of drug-likeness (QED) is 0.778. The molecule has 1 aliphatic heterocycles. The van der Waals surface area contributed by atoms with E-state index in [2.05, 4.69) is 4.98 Å². The molecule has 0 spiro atoms. The van der Waals surface area contributed by atoms with E-state index in [-0.39, 0.29) is 17.9 Å². The van der Waals surface area contributed by atoms with Crippen molar-refractivity contribution in [3.05, 3.63) is 30.1 Å². The van der Waals surface area contributed by atoms with Gasteiger partial charge in [-0.05, 0) is 45.7 Å². The van der Waals surface area contributed by atoms with Crippen LogP contribution in [0.5, 0.6) is 0 Å². The number of carbonyl (C=O) groups excluding carboxylic acids is 2. The molecule has 1 amide bonds. The molecule has 2 heterocycles. The fourth-order valence-corrected chi connectivity index (χ4v) is 3.30. The minimum absolute atomic E-state index is 0.0363. The maximum atomic E-state index is 12.2. The van der Waals surface area contributed by atoms with Gasteiger partial charge < -0.3 is 14.2 Å². The van der Waals surface area contributed by atoms with E-state index >= 15 is 0 Å². The van der Waals surface area contributed by atoms with Gasteiger partial charge in [0.2, 0.25) is 0 Å². The van der Waals surface area contributed by atoms with Crippen LogP contribution in [0.15, 0.2) is 24.3 Å². The number of Topliss-reactive ketones (excluding diaryl/α,β-unsaturated/α-hetero) is 1. The van der Waals surface area contributed by atoms with Crippen LogP contribution in [-0.4, -0.2) is 45.0 Å². The van der Waals surface area contributed by atoms with E-state index in [1.807, 2.05) is 49.6 Å². The molecule has 3 rings (SSSR count). The summed E-state index contributed by atoms with van der Waals surface area (Å²) in [6.07, 6.45) is 1.29. The molecule has 0 atom stereocenters. The van der Waals surface area contributed by atoms with Gasteiger partial charge in [0.15, 0.2) is 11.6 Å². The molecule has 1 aromatic heterocycles. The highest BCUT2D eigenvalue weighted by Gasteiger charge is 2.29. The number of likely N-dealkylation sites (tertiary alicyclic amines) is 1. The summed E-state index contributed by atoms with van der Waals surface area (Å²) in [7, 11) is 0. The van der Waals surface area contributed by atoms with E-state index in [0.717, 1.165) is 23.9 Å². The van der Waals surface area contributed by atoms with Crippen molar-refractivity contribution < 1.29 is 14.3 Å². The number of fused-ring (bicyclic) bond motifs is 1. The number of ketones is 1. The zero-order valence-corrected chi connectivity index (χ0v) is 15.3. The molecule has 2 aromatic rings. The maximum Gasteiger partial charge on any atom is 0.410 e. The molecule has 25 heavy (non-hydrogen) atoms. The Morgan fingerprint density at radius 2 is 1.80 bits per heavy atom. The first kappa shape index (κ1) is 17.5. The van der Waals surface area contributed by atoms with Crippen LogP contribution in [0.4, 0.5) is 4.79 Å². The number of nitrogens with zero attached hydrogens (tertiary/aromatic N) is 3. The molecule has 0 radical (unpaired) electrons. The number of hydrogen-bond acceptors (Lipinski definition) is 4. The summed E-state index contributed by atoms with van der Waals surface area (Å²) in [6.45, 7) is 8.39. The number of para-hydroxylation sites is 2. The summed E-state index contributed by atoms with van der Waals surface area (Å²) < 4.78 is 7.49. The van der Waals surface area contributed by atoms with Gasteiger partial charge in [-0.15, -0.1) is 0 Å². The summed E-state index contributed by atoms with van der Waals surface area (Å²) in [6, 6.07) is 7.96. The molecule has 6 nitrogen and oxygen atoms in total. The van der Waals surface area contributed by atoms with Crippen molar-refractivity contribution in [2.24, 2.45) is 0 Å². The molecule has 1 fully saturated rings. The van der Waals surface area contributed by atoms with Crippen LogP contribution in [-0.2, 0) is 4.74 Å². The molecule has 1 aromatic carbocycles. The third kappa shape index (κ3) is 3.67. The first-order valence-electron chi connectivity index (χ1n) is 8.72. The molecule has 0 saturated carbocycles. The van der Waals surface area contributed by atoms with Crippen molar-refractivity contribution >= 4 is 22.9 Å². The highest BCUT2D eigenvalue weighted by atomic mass is 16.6. The van der Waals surface area contributed by atoms with Gasteiger partial charge in [0.1, 0.15) is 5.60 Å². The lowest BCUT2D eigenvalue weighted by atomic mass is 10.0. The Balaban J connectivity index is 1.79. The van der Waals surface area contributed by atoms with Crippen molar-refractivity contribution in [3.8, 4) is 0 Å². The summed E-state index contributed by atoms with van der Waals surface area (Å²) in [5, 5.41) is 0. The second-order valence-corrected chi connectivity index (χ2v) is 7.55. The molecule has 1 saturated heterocycles. The predicted molar refractivity (Wildman–Crippen MR) is 95.8 cm³/mol. The topological polar surface area (TPSA) is 64.4 Å². The van der Waals surface area contributed by atoms with Crippen molar-refractivity contribution in [2.75, 3.05) is 13.1 Å². The number of ether oxygens (including phenoxy) is 1. The fraction of sp³-hybridized carbons (Fsp3) is 0.526. The molecular formula is C19H25N3O3. The third-order valence-corrected chi connectivity index (χ3v) is 4.39. The third-order valence-electron chi connectivity index (χ3n) is 4.39. The predicted octanol–water partition coefficient (Wildman–Crippen LogP) is 3.81. The van der Waals surface area contributed by atoms with E-state index in [0.29, 0.717) is 18.9 Å². The normalized spacial score (nSPS) is 16.2. The summed E-state index contributed by atoms with van der Waals surface area (Å²) in [4.78, 5) is 30.5. The lowest BCUT2D eigenvalue weighted by Gasteiger charge is -2.34. The van der Waals surface area contributed by atoms with Crippen molar-refractivity contribution in [3.63, 3.8) is 0 Å². The number of amides is 1. The summed E-state index contributed by atoms with van der Waals surface area (Å²) >= 11 is 0. The van der Waals surface area contributed by atoms with Crippen LogP contribution < -0.4 is 0 Å². The Morgan fingerprint density at radius 1 is 1.16 bits per heavy atom. The number of carbonyl (C=O) groups is 2. The first-order chi connectivity index (χ1) is 11.8.